The third-order valence-corrected chi connectivity index (χ3v) is 4.38. The van der Waals surface area contributed by atoms with Gasteiger partial charge in [-0.3, -0.25) is 0 Å². The largest absolute Gasteiger partial charge is 0.378 e. The smallest absolute Gasteiger partial charge is 0.0361 e. The minimum absolute atomic E-state index is 0.705. The van der Waals surface area contributed by atoms with Gasteiger partial charge in [0.25, 0.3) is 0 Å². The molecule has 0 heterocycles. The lowest BCUT2D eigenvalue weighted by atomic mass is 9.97. The van der Waals surface area contributed by atoms with Crippen LogP contribution in [0.1, 0.15) is 44.6 Å². The molecule has 1 saturated carbocycles. The van der Waals surface area contributed by atoms with Crippen molar-refractivity contribution < 1.29 is 0 Å². The van der Waals surface area contributed by atoms with E-state index in [-0.39, 0.29) is 0 Å². The first-order chi connectivity index (χ1) is 9.16. The normalized spacial score (nSPS) is 23.9. The minimum Gasteiger partial charge on any atom is -0.378 e. The van der Waals surface area contributed by atoms with E-state index in [1.165, 1.54) is 43.4 Å². The molecular formula is C17H28N2. The predicted octanol–water partition coefficient (Wildman–Crippen LogP) is 3.81. The van der Waals surface area contributed by atoms with E-state index in [9.17, 15) is 0 Å². The molecule has 1 fully saturated rings. The zero-order valence-electron chi connectivity index (χ0n) is 12.7. The van der Waals surface area contributed by atoms with Crippen molar-refractivity contribution in [3.05, 3.63) is 29.8 Å². The number of nitrogens with one attached hydrogen (secondary N) is 1. The molecule has 0 bridgehead atoms. The van der Waals surface area contributed by atoms with Gasteiger partial charge in [0.2, 0.25) is 0 Å². The van der Waals surface area contributed by atoms with Gasteiger partial charge in [0.1, 0.15) is 0 Å². The molecule has 0 aromatic heterocycles. The van der Waals surface area contributed by atoms with E-state index in [1.54, 1.807) is 0 Å². The highest BCUT2D eigenvalue weighted by Crippen LogP contribution is 2.23. The van der Waals surface area contributed by atoms with E-state index in [4.69, 9.17) is 0 Å². The highest BCUT2D eigenvalue weighted by atomic mass is 15.1. The number of hydrogen-bond acceptors (Lipinski definition) is 2. The molecule has 0 saturated heterocycles. The Balaban J connectivity index is 1.87. The summed E-state index contributed by atoms with van der Waals surface area (Å²) in [5.74, 6) is 0.823. The van der Waals surface area contributed by atoms with Gasteiger partial charge in [0.05, 0.1) is 0 Å². The lowest BCUT2D eigenvalue weighted by Gasteiger charge is -2.23. The summed E-state index contributed by atoms with van der Waals surface area (Å²) >= 11 is 0. The summed E-state index contributed by atoms with van der Waals surface area (Å²) < 4.78 is 0. The van der Waals surface area contributed by atoms with Crippen molar-refractivity contribution in [1.29, 1.82) is 0 Å². The quantitative estimate of drug-likeness (QED) is 0.828. The van der Waals surface area contributed by atoms with Gasteiger partial charge in [-0.2, -0.15) is 0 Å². The van der Waals surface area contributed by atoms with Gasteiger partial charge in [-0.15, -0.1) is 0 Å². The lowest BCUT2D eigenvalue weighted by Crippen LogP contribution is -2.33. The average molecular weight is 260 g/mol. The van der Waals surface area contributed by atoms with Gasteiger partial charge >= 0.3 is 0 Å². The van der Waals surface area contributed by atoms with Crippen molar-refractivity contribution in [2.75, 3.05) is 19.0 Å². The maximum atomic E-state index is 3.76. The second kappa shape index (κ2) is 6.95. The van der Waals surface area contributed by atoms with Crippen LogP contribution in [0.5, 0.6) is 0 Å². The molecule has 2 atom stereocenters. The SMILES string of the molecule is CC1CCCCCC1NCc1ccc(N(C)C)cc1. The number of hydrogen-bond donors (Lipinski definition) is 1. The van der Waals surface area contributed by atoms with Crippen LogP contribution in [0.25, 0.3) is 0 Å². The molecule has 1 aromatic rings. The molecule has 2 heteroatoms. The van der Waals surface area contributed by atoms with Crippen LogP contribution in [0.15, 0.2) is 24.3 Å². The summed E-state index contributed by atoms with van der Waals surface area (Å²) in [4.78, 5) is 2.14. The van der Waals surface area contributed by atoms with Crippen LogP contribution in [0.4, 0.5) is 5.69 Å². The molecule has 2 rings (SSSR count). The van der Waals surface area contributed by atoms with Crippen LogP contribution in [0.3, 0.4) is 0 Å². The topological polar surface area (TPSA) is 15.3 Å². The molecule has 1 N–H and O–H groups in total. The van der Waals surface area contributed by atoms with Gasteiger partial charge < -0.3 is 10.2 Å². The summed E-state index contributed by atoms with van der Waals surface area (Å²) in [5.41, 5.74) is 2.66. The second-order valence-electron chi connectivity index (χ2n) is 6.16. The number of nitrogens with zero attached hydrogens (tertiary/aromatic N) is 1. The Morgan fingerprint density at radius 1 is 1.05 bits per heavy atom. The Labute approximate surface area is 118 Å². The summed E-state index contributed by atoms with van der Waals surface area (Å²) in [6.45, 7) is 3.40. The molecular weight excluding hydrogens is 232 g/mol. The zero-order valence-corrected chi connectivity index (χ0v) is 12.7. The van der Waals surface area contributed by atoms with Crippen molar-refractivity contribution >= 4 is 5.69 Å². The monoisotopic (exact) mass is 260 g/mol. The summed E-state index contributed by atoms with van der Waals surface area (Å²) in [6, 6.07) is 9.59. The van der Waals surface area contributed by atoms with Crippen LogP contribution >= 0.6 is 0 Å². The van der Waals surface area contributed by atoms with E-state index in [1.807, 2.05) is 0 Å². The number of benzene rings is 1. The molecule has 106 valence electrons. The van der Waals surface area contributed by atoms with E-state index in [0.717, 1.165) is 12.5 Å². The molecule has 1 aromatic carbocycles. The van der Waals surface area contributed by atoms with Crippen molar-refractivity contribution in [2.45, 2.75) is 51.6 Å². The molecule has 1 aliphatic rings. The van der Waals surface area contributed by atoms with Gasteiger partial charge in [0, 0.05) is 32.4 Å². The maximum Gasteiger partial charge on any atom is 0.0361 e. The van der Waals surface area contributed by atoms with Gasteiger partial charge in [-0.25, -0.2) is 0 Å². The summed E-state index contributed by atoms with van der Waals surface area (Å²) in [7, 11) is 4.17. The Bertz CT molecular complexity index is 369. The van der Waals surface area contributed by atoms with E-state index in [0.29, 0.717) is 6.04 Å². The molecule has 19 heavy (non-hydrogen) atoms. The lowest BCUT2D eigenvalue weighted by molar-refractivity contribution is 0.356. The first-order valence-electron chi connectivity index (χ1n) is 7.66. The molecule has 0 aliphatic heterocycles. The van der Waals surface area contributed by atoms with Crippen LogP contribution in [-0.4, -0.2) is 20.1 Å². The first-order valence-corrected chi connectivity index (χ1v) is 7.66. The second-order valence-corrected chi connectivity index (χ2v) is 6.16. The van der Waals surface area contributed by atoms with Crippen LogP contribution in [0.2, 0.25) is 0 Å². The van der Waals surface area contributed by atoms with Crippen LogP contribution in [0, 0.1) is 5.92 Å². The molecule has 1 aliphatic carbocycles. The molecule has 0 spiro atoms. The average Bonchev–Trinajstić information content (AvgIpc) is 2.61. The Kier molecular flexibility index (Phi) is 5.26. The van der Waals surface area contributed by atoms with Crippen molar-refractivity contribution in [1.82, 2.24) is 5.32 Å². The summed E-state index contributed by atoms with van der Waals surface area (Å²) in [5, 5.41) is 3.76. The summed E-state index contributed by atoms with van der Waals surface area (Å²) in [6.07, 6.45) is 6.95. The fourth-order valence-electron chi connectivity index (χ4n) is 2.96. The van der Waals surface area contributed by atoms with E-state index in [2.05, 4.69) is 55.5 Å². The fraction of sp³-hybridized carbons (Fsp3) is 0.647. The van der Waals surface area contributed by atoms with Crippen LogP contribution < -0.4 is 10.2 Å². The predicted molar refractivity (Wildman–Crippen MR) is 83.6 cm³/mol. The fourth-order valence-corrected chi connectivity index (χ4v) is 2.96. The third kappa shape index (κ3) is 4.24. The highest BCUT2D eigenvalue weighted by molar-refractivity contribution is 5.45. The van der Waals surface area contributed by atoms with Crippen molar-refractivity contribution in [2.24, 2.45) is 5.92 Å². The van der Waals surface area contributed by atoms with Gasteiger partial charge in [-0.1, -0.05) is 38.3 Å². The Hall–Kier alpha value is -1.02. The molecule has 0 radical (unpaired) electrons. The Morgan fingerprint density at radius 2 is 1.74 bits per heavy atom. The molecule has 2 unspecified atom stereocenters. The zero-order chi connectivity index (χ0) is 13.7. The third-order valence-electron chi connectivity index (χ3n) is 4.38. The van der Waals surface area contributed by atoms with Crippen LogP contribution in [-0.2, 0) is 6.54 Å². The maximum absolute atomic E-state index is 3.76. The Morgan fingerprint density at radius 3 is 2.42 bits per heavy atom. The van der Waals surface area contributed by atoms with Crippen molar-refractivity contribution in [3.8, 4) is 0 Å². The first kappa shape index (κ1) is 14.4. The van der Waals surface area contributed by atoms with E-state index >= 15 is 0 Å². The number of anilines is 1. The van der Waals surface area contributed by atoms with Gasteiger partial charge in [0.15, 0.2) is 0 Å². The number of rotatable bonds is 4. The van der Waals surface area contributed by atoms with Crippen molar-refractivity contribution in [3.63, 3.8) is 0 Å². The molecule has 2 nitrogen and oxygen atoms in total. The standard InChI is InChI=1S/C17H28N2/c1-14-7-5-4-6-8-17(14)18-13-15-9-11-16(12-10-15)19(2)3/h9-12,14,17-18H,4-8,13H2,1-3H3. The minimum atomic E-state index is 0.705. The van der Waals surface area contributed by atoms with Gasteiger partial charge in [-0.05, 0) is 36.5 Å². The highest BCUT2D eigenvalue weighted by Gasteiger charge is 2.18. The molecule has 0 amide bonds. The van der Waals surface area contributed by atoms with E-state index < -0.39 is 0 Å².